The average molecular weight is 175 g/mol. The molecule has 1 fully saturated rings. The molecule has 68 valence electrons. The lowest BCUT2D eigenvalue weighted by Crippen LogP contribution is -1.86. The van der Waals surface area contributed by atoms with E-state index in [1.807, 2.05) is 12.1 Å². The maximum absolute atomic E-state index is 5.16. The van der Waals surface area contributed by atoms with Crippen LogP contribution in [-0.2, 0) is 4.84 Å². The summed E-state index contributed by atoms with van der Waals surface area (Å²) in [6.07, 6.45) is 4.47. The quantitative estimate of drug-likeness (QED) is 0.511. The largest absolute Gasteiger partial charge is 0.392 e. The molecule has 1 aliphatic rings. The average Bonchev–Trinajstić information content (AvgIpc) is 2.92. The first-order valence-corrected chi connectivity index (χ1v) is 4.60. The monoisotopic (exact) mass is 175 g/mol. The molecule has 0 aliphatic heterocycles. The molecule has 0 radical (unpaired) electrons. The van der Waals surface area contributed by atoms with Crippen LogP contribution in [0, 0.1) is 6.92 Å². The Kier molecular flexibility index (Phi) is 2.30. The summed E-state index contributed by atoms with van der Waals surface area (Å²) in [5.41, 5.74) is 2.35. The van der Waals surface area contributed by atoms with Gasteiger partial charge in [0.25, 0.3) is 0 Å². The molecule has 0 spiro atoms. The molecule has 0 bridgehead atoms. The molecule has 0 aromatic heterocycles. The predicted molar refractivity (Wildman–Crippen MR) is 52.9 cm³/mol. The Morgan fingerprint density at radius 3 is 2.62 bits per heavy atom. The number of hydrogen-bond donors (Lipinski definition) is 0. The highest BCUT2D eigenvalue weighted by molar-refractivity contribution is 5.79. The maximum Gasteiger partial charge on any atom is 0.127 e. The van der Waals surface area contributed by atoms with Crippen LogP contribution in [0.15, 0.2) is 29.4 Å². The Morgan fingerprint density at radius 1 is 1.31 bits per heavy atom. The van der Waals surface area contributed by atoms with Gasteiger partial charge in [0.1, 0.15) is 6.10 Å². The zero-order valence-electron chi connectivity index (χ0n) is 7.73. The SMILES string of the molecule is Cc1ccc(C=NOC2CC2)cc1. The summed E-state index contributed by atoms with van der Waals surface area (Å²) in [7, 11) is 0. The number of benzene rings is 1. The van der Waals surface area contributed by atoms with E-state index in [9.17, 15) is 0 Å². The van der Waals surface area contributed by atoms with Crippen molar-refractivity contribution in [2.24, 2.45) is 5.16 Å². The fourth-order valence-electron chi connectivity index (χ4n) is 1.00. The molecule has 13 heavy (non-hydrogen) atoms. The molecule has 0 heterocycles. The molecular weight excluding hydrogens is 162 g/mol. The number of nitrogens with zero attached hydrogens (tertiary/aromatic N) is 1. The second kappa shape index (κ2) is 3.60. The van der Waals surface area contributed by atoms with Crippen molar-refractivity contribution in [3.8, 4) is 0 Å². The molecule has 1 aromatic rings. The maximum atomic E-state index is 5.16. The van der Waals surface area contributed by atoms with Gasteiger partial charge in [0.15, 0.2) is 0 Å². The number of oxime groups is 1. The smallest absolute Gasteiger partial charge is 0.127 e. The van der Waals surface area contributed by atoms with Crippen LogP contribution < -0.4 is 0 Å². The molecular formula is C11H13NO. The summed E-state index contributed by atoms with van der Waals surface area (Å²) in [5, 5.41) is 3.91. The zero-order valence-corrected chi connectivity index (χ0v) is 7.73. The predicted octanol–water partition coefficient (Wildman–Crippen LogP) is 2.51. The first-order chi connectivity index (χ1) is 6.34. The van der Waals surface area contributed by atoms with E-state index in [-0.39, 0.29) is 0 Å². The molecule has 1 saturated carbocycles. The molecule has 1 aromatic carbocycles. The minimum atomic E-state index is 0.390. The van der Waals surface area contributed by atoms with Crippen molar-refractivity contribution in [3.05, 3.63) is 35.4 Å². The van der Waals surface area contributed by atoms with Gasteiger partial charge in [-0.25, -0.2) is 0 Å². The van der Waals surface area contributed by atoms with Crippen molar-refractivity contribution in [1.29, 1.82) is 0 Å². The number of rotatable bonds is 3. The molecule has 0 unspecified atom stereocenters. The standard InChI is InChI=1S/C11H13NO/c1-9-2-4-10(5-3-9)8-12-13-11-6-7-11/h2-5,8,11H,6-7H2,1H3. The lowest BCUT2D eigenvalue weighted by atomic mass is 10.2. The van der Waals surface area contributed by atoms with E-state index in [1.165, 1.54) is 5.56 Å². The van der Waals surface area contributed by atoms with Gasteiger partial charge in [-0.2, -0.15) is 0 Å². The Hall–Kier alpha value is -1.31. The number of aryl methyl sites for hydroxylation is 1. The Bertz CT molecular complexity index is 298. The molecule has 2 nitrogen and oxygen atoms in total. The lowest BCUT2D eigenvalue weighted by molar-refractivity contribution is 0.131. The van der Waals surface area contributed by atoms with Gasteiger partial charge in [-0.1, -0.05) is 35.0 Å². The van der Waals surface area contributed by atoms with Crippen LogP contribution in [0.2, 0.25) is 0 Å². The molecule has 2 rings (SSSR count). The van der Waals surface area contributed by atoms with Crippen LogP contribution in [0.5, 0.6) is 0 Å². The fourth-order valence-corrected chi connectivity index (χ4v) is 1.00. The van der Waals surface area contributed by atoms with Gasteiger partial charge in [-0.05, 0) is 25.3 Å². The zero-order chi connectivity index (χ0) is 9.10. The van der Waals surface area contributed by atoms with E-state index >= 15 is 0 Å². The van der Waals surface area contributed by atoms with Crippen LogP contribution in [0.25, 0.3) is 0 Å². The Morgan fingerprint density at radius 2 is 2.00 bits per heavy atom. The van der Waals surface area contributed by atoms with Crippen LogP contribution in [0.4, 0.5) is 0 Å². The summed E-state index contributed by atoms with van der Waals surface area (Å²) in [5.74, 6) is 0. The van der Waals surface area contributed by atoms with E-state index in [0.29, 0.717) is 6.10 Å². The van der Waals surface area contributed by atoms with Gasteiger partial charge < -0.3 is 4.84 Å². The van der Waals surface area contributed by atoms with Gasteiger partial charge in [0, 0.05) is 0 Å². The molecule has 2 heteroatoms. The first kappa shape index (κ1) is 8.30. The summed E-state index contributed by atoms with van der Waals surface area (Å²) in [6.45, 7) is 2.07. The van der Waals surface area contributed by atoms with E-state index < -0.39 is 0 Å². The van der Waals surface area contributed by atoms with Crippen LogP contribution in [0.3, 0.4) is 0 Å². The minimum absolute atomic E-state index is 0.390. The van der Waals surface area contributed by atoms with E-state index in [2.05, 4.69) is 24.2 Å². The van der Waals surface area contributed by atoms with Crippen LogP contribution >= 0.6 is 0 Å². The van der Waals surface area contributed by atoms with E-state index in [0.717, 1.165) is 18.4 Å². The molecule has 0 N–H and O–H groups in total. The third-order valence-electron chi connectivity index (χ3n) is 2.01. The summed E-state index contributed by atoms with van der Waals surface area (Å²) in [4.78, 5) is 5.16. The van der Waals surface area contributed by atoms with Gasteiger partial charge >= 0.3 is 0 Å². The van der Waals surface area contributed by atoms with Gasteiger partial charge in [0.2, 0.25) is 0 Å². The van der Waals surface area contributed by atoms with Crippen LogP contribution in [0.1, 0.15) is 24.0 Å². The third kappa shape index (κ3) is 2.58. The normalized spacial score (nSPS) is 16.4. The van der Waals surface area contributed by atoms with Crippen molar-refractivity contribution < 1.29 is 4.84 Å². The molecule has 1 aliphatic carbocycles. The van der Waals surface area contributed by atoms with Gasteiger partial charge in [-0.3, -0.25) is 0 Å². The summed E-state index contributed by atoms with van der Waals surface area (Å²) < 4.78 is 0. The highest BCUT2D eigenvalue weighted by atomic mass is 16.6. The highest BCUT2D eigenvalue weighted by Gasteiger charge is 2.23. The Balaban J connectivity index is 1.92. The second-order valence-electron chi connectivity index (χ2n) is 3.45. The minimum Gasteiger partial charge on any atom is -0.392 e. The molecule has 0 amide bonds. The van der Waals surface area contributed by atoms with Gasteiger partial charge in [0.05, 0.1) is 6.21 Å². The van der Waals surface area contributed by atoms with Crippen molar-refractivity contribution >= 4 is 6.21 Å². The fraction of sp³-hybridized carbons (Fsp3) is 0.364. The summed E-state index contributed by atoms with van der Waals surface area (Å²) >= 11 is 0. The van der Waals surface area contributed by atoms with Gasteiger partial charge in [-0.15, -0.1) is 0 Å². The molecule has 0 atom stereocenters. The second-order valence-corrected chi connectivity index (χ2v) is 3.45. The Labute approximate surface area is 78.2 Å². The van der Waals surface area contributed by atoms with E-state index in [4.69, 9.17) is 4.84 Å². The van der Waals surface area contributed by atoms with Crippen molar-refractivity contribution in [1.82, 2.24) is 0 Å². The topological polar surface area (TPSA) is 21.6 Å². The third-order valence-corrected chi connectivity index (χ3v) is 2.01. The lowest BCUT2D eigenvalue weighted by Gasteiger charge is -1.94. The number of hydrogen-bond acceptors (Lipinski definition) is 2. The van der Waals surface area contributed by atoms with Crippen molar-refractivity contribution in [3.63, 3.8) is 0 Å². The first-order valence-electron chi connectivity index (χ1n) is 4.60. The highest BCUT2D eigenvalue weighted by Crippen LogP contribution is 2.23. The molecule has 0 saturated heterocycles. The summed E-state index contributed by atoms with van der Waals surface area (Å²) in [6, 6.07) is 8.21. The van der Waals surface area contributed by atoms with Crippen molar-refractivity contribution in [2.75, 3.05) is 0 Å². The van der Waals surface area contributed by atoms with Crippen molar-refractivity contribution in [2.45, 2.75) is 25.9 Å². The van der Waals surface area contributed by atoms with E-state index in [1.54, 1.807) is 6.21 Å². The van der Waals surface area contributed by atoms with Crippen LogP contribution in [-0.4, -0.2) is 12.3 Å².